The number of nitrogens with zero attached hydrogens (tertiary/aromatic N) is 3. The van der Waals surface area contributed by atoms with Gasteiger partial charge in [-0.25, -0.2) is 4.39 Å². The van der Waals surface area contributed by atoms with E-state index in [2.05, 4.69) is 15.5 Å². The number of thioether (sulfide) groups is 1. The van der Waals surface area contributed by atoms with Gasteiger partial charge in [-0.1, -0.05) is 60.3 Å². The number of aromatic nitrogens is 3. The van der Waals surface area contributed by atoms with Crippen LogP contribution in [0.15, 0.2) is 90.1 Å². The van der Waals surface area contributed by atoms with Gasteiger partial charge in [-0.15, -0.1) is 10.2 Å². The molecule has 0 spiro atoms. The van der Waals surface area contributed by atoms with Crippen LogP contribution >= 0.6 is 11.8 Å². The molecule has 174 valence electrons. The van der Waals surface area contributed by atoms with Crippen LogP contribution < -0.4 is 10.1 Å². The summed E-state index contributed by atoms with van der Waals surface area (Å²) in [5.74, 6) is 0.873. The van der Waals surface area contributed by atoms with Crippen LogP contribution in [0.2, 0.25) is 0 Å². The van der Waals surface area contributed by atoms with Crippen LogP contribution in [0.5, 0.6) is 5.75 Å². The van der Waals surface area contributed by atoms with Crippen molar-refractivity contribution in [1.29, 1.82) is 0 Å². The normalized spacial score (nSPS) is 12.7. The predicted octanol–water partition coefficient (Wildman–Crippen LogP) is 5.52. The number of carbonyl (C=O) groups excluding carboxylic acids is 1. The highest BCUT2D eigenvalue weighted by molar-refractivity contribution is 7.99. The van der Waals surface area contributed by atoms with Crippen LogP contribution in [0.4, 0.5) is 4.39 Å². The lowest BCUT2D eigenvalue weighted by Crippen LogP contribution is -2.28. The van der Waals surface area contributed by atoms with Crippen LogP contribution in [-0.4, -0.2) is 26.4 Å². The third-order valence-electron chi connectivity index (χ3n) is 5.17. The Labute approximate surface area is 202 Å². The Morgan fingerprint density at radius 3 is 2.29 bits per heavy atom. The van der Waals surface area contributed by atoms with E-state index in [0.717, 1.165) is 11.3 Å². The average Bonchev–Trinajstić information content (AvgIpc) is 3.29. The maximum absolute atomic E-state index is 13.2. The van der Waals surface area contributed by atoms with Crippen LogP contribution in [0.1, 0.15) is 37.4 Å². The van der Waals surface area contributed by atoms with E-state index in [4.69, 9.17) is 4.74 Å². The molecule has 1 amide bonds. The number of hydrogen-bond acceptors (Lipinski definition) is 5. The minimum atomic E-state index is -0.459. The summed E-state index contributed by atoms with van der Waals surface area (Å²) in [7, 11) is 0. The Bertz CT molecular complexity index is 1220. The van der Waals surface area contributed by atoms with Crippen molar-refractivity contribution in [2.75, 3.05) is 5.75 Å². The van der Waals surface area contributed by atoms with Gasteiger partial charge in [0.1, 0.15) is 11.6 Å². The molecule has 0 aliphatic heterocycles. The number of nitrogens with one attached hydrogen (secondary N) is 1. The lowest BCUT2D eigenvalue weighted by molar-refractivity contribution is -0.119. The Morgan fingerprint density at radius 2 is 1.62 bits per heavy atom. The zero-order chi connectivity index (χ0) is 23.9. The monoisotopic (exact) mass is 476 g/mol. The third kappa shape index (κ3) is 5.82. The Morgan fingerprint density at radius 1 is 0.971 bits per heavy atom. The van der Waals surface area contributed by atoms with Crippen molar-refractivity contribution >= 4 is 17.7 Å². The molecule has 4 aromatic rings. The molecule has 0 aliphatic carbocycles. The summed E-state index contributed by atoms with van der Waals surface area (Å²) < 4.78 is 21.1. The first-order valence-corrected chi connectivity index (χ1v) is 11.9. The second kappa shape index (κ2) is 11.0. The molecule has 4 rings (SSSR count). The van der Waals surface area contributed by atoms with Crippen molar-refractivity contribution < 1.29 is 13.9 Å². The van der Waals surface area contributed by atoms with E-state index >= 15 is 0 Å². The van der Waals surface area contributed by atoms with E-state index in [0.29, 0.717) is 16.7 Å². The second-order valence-corrected chi connectivity index (χ2v) is 8.66. The van der Waals surface area contributed by atoms with Crippen molar-refractivity contribution in [3.8, 4) is 11.4 Å². The number of benzene rings is 3. The molecule has 0 aliphatic rings. The summed E-state index contributed by atoms with van der Waals surface area (Å²) >= 11 is 1.31. The highest BCUT2D eigenvalue weighted by Gasteiger charge is 2.22. The fraction of sp³-hybridized carbons (Fsp3) is 0.192. The first-order valence-electron chi connectivity index (χ1n) is 10.9. The molecule has 0 fully saturated rings. The highest BCUT2D eigenvalue weighted by atomic mass is 32.2. The van der Waals surface area contributed by atoms with Gasteiger partial charge in [0, 0.05) is 5.69 Å². The summed E-state index contributed by atoms with van der Waals surface area (Å²) in [6.45, 7) is 3.81. The number of rotatable bonds is 9. The Balaban J connectivity index is 1.50. The van der Waals surface area contributed by atoms with Crippen molar-refractivity contribution in [3.05, 3.63) is 102 Å². The van der Waals surface area contributed by atoms with E-state index < -0.39 is 6.10 Å². The minimum Gasteiger partial charge on any atom is -0.483 e. The van der Waals surface area contributed by atoms with Crippen molar-refractivity contribution in [3.63, 3.8) is 0 Å². The predicted molar refractivity (Wildman–Crippen MR) is 131 cm³/mol. The average molecular weight is 477 g/mol. The van der Waals surface area contributed by atoms with Gasteiger partial charge in [-0.05, 0) is 55.8 Å². The summed E-state index contributed by atoms with van der Waals surface area (Å²) in [5, 5.41) is 12.3. The molecular formula is C26H25FN4O2S. The summed E-state index contributed by atoms with van der Waals surface area (Å²) in [5.41, 5.74) is 1.90. The molecule has 0 saturated heterocycles. The van der Waals surface area contributed by atoms with Gasteiger partial charge < -0.3 is 10.1 Å². The molecule has 8 heteroatoms. The molecule has 1 heterocycles. The highest BCUT2D eigenvalue weighted by Crippen LogP contribution is 2.28. The lowest BCUT2D eigenvalue weighted by Gasteiger charge is -2.17. The van der Waals surface area contributed by atoms with Crippen LogP contribution in [0, 0.1) is 5.82 Å². The van der Waals surface area contributed by atoms with E-state index in [-0.39, 0.29) is 23.5 Å². The van der Waals surface area contributed by atoms with Crippen molar-refractivity contribution in [2.45, 2.75) is 31.1 Å². The van der Waals surface area contributed by atoms with Crippen LogP contribution in [-0.2, 0) is 4.79 Å². The fourth-order valence-corrected chi connectivity index (χ4v) is 4.24. The smallest absolute Gasteiger partial charge is 0.230 e. The molecule has 2 atom stereocenters. The SMILES string of the molecule is CC(NC(=O)CSc1nnc(C(C)Oc2ccc(F)cc2)n1-c1ccccc1)c1ccccc1. The zero-order valence-corrected chi connectivity index (χ0v) is 19.7. The molecule has 0 saturated carbocycles. The van der Waals surface area contributed by atoms with E-state index in [9.17, 15) is 9.18 Å². The number of hydrogen-bond donors (Lipinski definition) is 1. The number of ether oxygens (including phenoxy) is 1. The molecule has 1 aromatic heterocycles. The Hall–Kier alpha value is -3.65. The van der Waals surface area contributed by atoms with Crippen molar-refractivity contribution in [2.24, 2.45) is 0 Å². The molecule has 0 bridgehead atoms. The second-order valence-electron chi connectivity index (χ2n) is 7.71. The van der Waals surface area contributed by atoms with Gasteiger partial charge in [-0.2, -0.15) is 0 Å². The number of carbonyl (C=O) groups is 1. The standard InChI is InChI=1S/C26H25FN4O2S/c1-18(20-9-5-3-6-10-20)28-24(32)17-34-26-30-29-25(31(26)22-11-7-4-8-12-22)19(2)33-23-15-13-21(27)14-16-23/h3-16,18-19H,17H2,1-2H3,(H,28,32). The van der Waals surface area contributed by atoms with E-state index in [1.54, 1.807) is 12.1 Å². The van der Waals surface area contributed by atoms with E-state index in [1.165, 1.54) is 23.9 Å². The van der Waals surface area contributed by atoms with Crippen LogP contribution in [0.25, 0.3) is 5.69 Å². The maximum atomic E-state index is 13.2. The molecular weight excluding hydrogens is 451 g/mol. The van der Waals surface area contributed by atoms with Gasteiger partial charge in [0.2, 0.25) is 5.91 Å². The summed E-state index contributed by atoms with van der Waals surface area (Å²) in [6, 6.07) is 25.2. The number of para-hydroxylation sites is 1. The van der Waals surface area contributed by atoms with Gasteiger partial charge in [-0.3, -0.25) is 9.36 Å². The minimum absolute atomic E-state index is 0.0962. The summed E-state index contributed by atoms with van der Waals surface area (Å²) in [4.78, 5) is 12.6. The molecule has 0 radical (unpaired) electrons. The molecule has 2 unspecified atom stereocenters. The first-order chi connectivity index (χ1) is 16.5. The quantitative estimate of drug-likeness (QED) is 0.322. The zero-order valence-electron chi connectivity index (χ0n) is 18.9. The van der Waals surface area contributed by atoms with Crippen LogP contribution in [0.3, 0.4) is 0 Å². The molecule has 34 heavy (non-hydrogen) atoms. The lowest BCUT2D eigenvalue weighted by atomic mass is 10.1. The van der Waals surface area contributed by atoms with E-state index in [1.807, 2.05) is 79.1 Å². The van der Waals surface area contributed by atoms with Gasteiger partial charge in [0.25, 0.3) is 0 Å². The molecule has 3 aromatic carbocycles. The third-order valence-corrected chi connectivity index (χ3v) is 6.10. The topological polar surface area (TPSA) is 69.0 Å². The van der Waals surface area contributed by atoms with Crippen molar-refractivity contribution in [1.82, 2.24) is 20.1 Å². The molecule has 6 nitrogen and oxygen atoms in total. The summed E-state index contributed by atoms with van der Waals surface area (Å²) in [6.07, 6.45) is -0.459. The van der Waals surface area contributed by atoms with Gasteiger partial charge >= 0.3 is 0 Å². The maximum Gasteiger partial charge on any atom is 0.230 e. The number of halogens is 1. The van der Waals surface area contributed by atoms with Gasteiger partial charge in [0.05, 0.1) is 11.8 Å². The first kappa shape index (κ1) is 23.5. The fourth-order valence-electron chi connectivity index (χ4n) is 3.47. The van der Waals surface area contributed by atoms with Gasteiger partial charge in [0.15, 0.2) is 17.1 Å². The largest absolute Gasteiger partial charge is 0.483 e. The molecule has 1 N–H and O–H groups in total. The Kier molecular flexibility index (Phi) is 7.59. The number of amides is 1.